The molecule has 5 heteroatoms. The Kier molecular flexibility index (Phi) is 11.8. The normalized spacial score (nSPS) is 12.4. The lowest BCUT2D eigenvalue weighted by atomic mass is 9.89. The van der Waals surface area contributed by atoms with Gasteiger partial charge >= 0.3 is 5.97 Å². The van der Waals surface area contributed by atoms with Crippen LogP contribution in [-0.2, 0) is 19.5 Å². The van der Waals surface area contributed by atoms with Crippen molar-refractivity contribution < 1.29 is 24.7 Å². The summed E-state index contributed by atoms with van der Waals surface area (Å²) in [5.41, 5.74) is -0.447. The smallest absolute Gasteiger partial charge is 0.298 e. The second kappa shape index (κ2) is 11.0. The lowest BCUT2D eigenvalue weighted by Crippen LogP contribution is -2.21. The summed E-state index contributed by atoms with van der Waals surface area (Å²) >= 11 is 0. The van der Waals surface area contributed by atoms with Gasteiger partial charge in [0.1, 0.15) is 5.60 Å². The van der Waals surface area contributed by atoms with Gasteiger partial charge in [-0.2, -0.15) is 4.89 Å². The summed E-state index contributed by atoms with van der Waals surface area (Å²) < 4.78 is 0. The fourth-order valence-corrected chi connectivity index (χ4v) is 1.31. The molecule has 0 fully saturated rings. The number of carbonyl (C=O) groups excluding carboxylic acids is 1. The van der Waals surface area contributed by atoms with Gasteiger partial charge in [-0.05, 0) is 59.8 Å². The number of carbonyl (C=O) groups is 1. The van der Waals surface area contributed by atoms with E-state index in [2.05, 4.69) is 25.7 Å². The Balaban J connectivity index is 0. The molecule has 0 saturated heterocycles. The van der Waals surface area contributed by atoms with Crippen LogP contribution in [0.25, 0.3) is 0 Å². The molecule has 0 saturated carbocycles. The third-order valence-electron chi connectivity index (χ3n) is 2.47. The van der Waals surface area contributed by atoms with E-state index in [1.54, 1.807) is 20.8 Å². The Morgan fingerprint density at radius 1 is 0.826 bits per heavy atom. The first-order chi connectivity index (χ1) is 10.2. The Morgan fingerprint density at radius 3 is 1.65 bits per heavy atom. The highest BCUT2D eigenvalue weighted by molar-refractivity contribution is 5.68. The average Bonchev–Trinajstić information content (AvgIpc) is 2.33. The summed E-state index contributed by atoms with van der Waals surface area (Å²) in [6.07, 6.45) is 4.75. The lowest BCUT2D eigenvalue weighted by Gasteiger charge is -2.18. The number of unbranched alkanes of at least 4 members (excludes halogenated alkanes) is 2. The molecule has 140 valence electrons. The number of hydrogen-bond acceptors (Lipinski definition) is 5. The molecule has 0 amide bonds. The van der Waals surface area contributed by atoms with Crippen LogP contribution < -0.4 is 0 Å². The van der Waals surface area contributed by atoms with Gasteiger partial charge < -0.3 is 0 Å². The molecule has 0 heterocycles. The maximum atomic E-state index is 11.3. The minimum atomic E-state index is -0.429. The predicted octanol–water partition coefficient (Wildman–Crippen LogP) is 5.53. The highest BCUT2D eigenvalue weighted by atomic mass is 17.2. The monoisotopic (exact) mass is 334 g/mol. The highest BCUT2D eigenvalue weighted by Gasteiger charge is 2.15. The largest absolute Gasteiger partial charge is 0.342 e. The van der Waals surface area contributed by atoms with Gasteiger partial charge in [0.05, 0.1) is 5.60 Å². The molecule has 0 aromatic heterocycles. The van der Waals surface area contributed by atoms with Crippen molar-refractivity contribution in [1.82, 2.24) is 0 Å². The second-order valence-electron chi connectivity index (χ2n) is 8.98. The number of hydrogen-bond donors (Lipinski definition) is 1. The number of rotatable bonds is 6. The van der Waals surface area contributed by atoms with E-state index in [9.17, 15) is 4.79 Å². The summed E-state index contributed by atoms with van der Waals surface area (Å²) in [5.74, 6) is -0.268. The molecule has 0 bridgehead atoms. The summed E-state index contributed by atoms with van der Waals surface area (Å²) in [4.78, 5) is 24.9. The highest BCUT2D eigenvalue weighted by Crippen LogP contribution is 2.22. The van der Waals surface area contributed by atoms with E-state index in [1.807, 2.05) is 20.8 Å². The van der Waals surface area contributed by atoms with Crippen LogP contribution >= 0.6 is 0 Å². The van der Waals surface area contributed by atoms with E-state index < -0.39 is 11.2 Å². The first-order valence-electron chi connectivity index (χ1n) is 8.37. The molecule has 0 unspecified atom stereocenters. The minimum absolute atomic E-state index is 0.268. The van der Waals surface area contributed by atoms with E-state index in [0.717, 1.165) is 19.3 Å². The average molecular weight is 334 g/mol. The van der Waals surface area contributed by atoms with Crippen LogP contribution in [0.2, 0.25) is 0 Å². The third-order valence-corrected chi connectivity index (χ3v) is 2.47. The molecular formula is C18H38O5. The van der Waals surface area contributed by atoms with Gasteiger partial charge in [0.15, 0.2) is 0 Å². The zero-order valence-electron chi connectivity index (χ0n) is 16.6. The molecule has 0 rings (SSSR count). The summed E-state index contributed by atoms with van der Waals surface area (Å²) in [6.45, 7) is 17.6. The van der Waals surface area contributed by atoms with Crippen molar-refractivity contribution in [3.05, 3.63) is 0 Å². The summed E-state index contributed by atoms with van der Waals surface area (Å²) in [6, 6.07) is 0. The van der Waals surface area contributed by atoms with Crippen LogP contribution in [0.1, 0.15) is 94.4 Å². The summed E-state index contributed by atoms with van der Waals surface area (Å²) in [5, 5.41) is 7.90. The van der Waals surface area contributed by atoms with E-state index >= 15 is 0 Å². The van der Waals surface area contributed by atoms with Crippen LogP contribution in [-0.4, -0.2) is 22.4 Å². The van der Waals surface area contributed by atoms with E-state index in [4.69, 9.17) is 15.0 Å². The van der Waals surface area contributed by atoms with Crippen molar-refractivity contribution in [2.75, 3.05) is 0 Å². The van der Waals surface area contributed by atoms with Crippen molar-refractivity contribution in [2.45, 2.75) is 106 Å². The Labute approximate surface area is 142 Å². The van der Waals surface area contributed by atoms with Crippen LogP contribution in [0.15, 0.2) is 0 Å². The van der Waals surface area contributed by atoms with Crippen LogP contribution in [0.4, 0.5) is 0 Å². The van der Waals surface area contributed by atoms with Crippen molar-refractivity contribution in [1.29, 1.82) is 0 Å². The fourth-order valence-electron chi connectivity index (χ4n) is 1.31. The standard InChI is InChI=1S/C14H28O3.C4H10O2/c1-13(2,3)11-9-7-8-10-12(15)16-17-14(4,5)6;1-4(2,3)6-5/h7-11H2,1-6H3;5H,1-3H3. The van der Waals surface area contributed by atoms with Gasteiger partial charge in [-0.25, -0.2) is 9.68 Å². The van der Waals surface area contributed by atoms with E-state index in [1.165, 1.54) is 6.42 Å². The molecule has 0 aromatic rings. The molecule has 0 atom stereocenters. The molecule has 0 aliphatic rings. The second-order valence-corrected chi connectivity index (χ2v) is 8.98. The lowest BCUT2D eigenvalue weighted by molar-refractivity contribution is -0.320. The van der Waals surface area contributed by atoms with Crippen molar-refractivity contribution in [2.24, 2.45) is 5.41 Å². The van der Waals surface area contributed by atoms with E-state index in [-0.39, 0.29) is 5.97 Å². The Bertz CT molecular complexity index is 305. The third kappa shape index (κ3) is 26.6. The predicted molar refractivity (Wildman–Crippen MR) is 92.9 cm³/mol. The molecule has 5 nitrogen and oxygen atoms in total. The quantitative estimate of drug-likeness (QED) is 0.393. The molecule has 0 aliphatic carbocycles. The minimum Gasteiger partial charge on any atom is -0.298 e. The van der Waals surface area contributed by atoms with Crippen LogP contribution in [0.5, 0.6) is 0 Å². The molecule has 23 heavy (non-hydrogen) atoms. The maximum Gasteiger partial charge on any atom is 0.342 e. The van der Waals surface area contributed by atoms with Gasteiger partial charge in [-0.1, -0.05) is 33.6 Å². The molecule has 0 spiro atoms. The van der Waals surface area contributed by atoms with Gasteiger partial charge in [-0.15, -0.1) is 0 Å². The van der Waals surface area contributed by atoms with Crippen LogP contribution in [0.3, 0.4) is 0 Å². The van der Waals surface area contributed by atoms with Crippen molar-refractivity contribution in [3.63, 3.8) is 0 Å². The topological polar surface area (TPSA) is 65.0 Å². The SMILES string of the molecule is CC(C)(C)CCCCCC(=O)OOC(C)(C)C.CC(C)(C)OO. The first kappa shape index (κ1) is 24.6. The van der Waals surface area contributed by atoms with Gasteiger partial charge in [0.2, 0.25) is 0 Å². The van der Waals surface area contributed by atoms with Gasteiger partial charge in [0, 0.05) is 6.42 Å². The van der Waals surface area contributed by atoms with Crippen LogP contribution in [0, 0.1) is 5.41 Å². The van der Waals surface area contributed by atoms with Gasteiger partial charge in [-0.3, -0.25) is 10.1 Å². The molecular weight excluding hydrogens is 296 g/mol. The molecule has 0 aliphatic heterocycles. The van der Waals surface area contributed by atoms with Gasteiger partial charge in [0.25, 0.3) is 0 Å². The molecule has 0 aromatic carbocycles. The van der Waals surface area contributed by atoms with Crippen molar-refractivity contribution >= 4 is 5.97 Å². The molecule has 1 N–H and O–H groups in total. The molecule has 0 radical (unpaired) electrons. The van der Waals surface area contributed by atoms with E-state index in [0.29, 0.717) is 11.8 Å². The Hall–Kier alpha value is -0.650. The zero-order chi connectivity index (χ0) is 18.7. The fraction of sp³-hybridized carbons (Fsp3) is 0.944. The Morgan fingerprint density at radius 2 is 1.30 bits per heavy atom. The first-order valence-corrected chi connectivity index (χ1v) is 8.37. The van der Waals surface area contributed by atoms with Crippen molar-refractivity contribution in [3.8, 4) is 0 Å². The summed E-state index contributed by atoms with van der Waals surface area (Å²) in [7, 11) is 0. The maximum absolute atomic E-state index is 11.3. The zero-order valence-corrected chi connectivity index (χ0v) is 16.6.